The Labute approximate surface area is 168 Å². The Bertz CT molecular complexity index is 832. The van der Waals surface area contributed by atoms with E-state index in [0.29, 0.717) is 41.5 Å². The molecule has 1 saturated heterocycles. The molecule has 27 heavy (non-hydrogen) atoms. The van der Waals surface area contributed by atoms with E-state index in [1.807, 2.05) is 0 Å². The molecular weight excluding hydrogens is 387 g/mol. The fraction of sp³-hybridized carbons (Fsp3) is 0.300. The zero-order chi connectivity index (χ0) is 19.4. The minimum Gasteiger partial charge on any atom is -0.497 e. The minimum absolute atomic E-state index is 0.0307. The average Bonchev–Trinajstić information content (AvgIpc) is 2.68. The number of carbonyl (C=O) groups excluding carboxylic acids is 2. The fourth-order valence-corrected chi connectivity index (χ4v) is 3.59. The normalized spacial score (nSPS) is 14.7. The van der Waals surface area contributed by atoms with Crippen LogP contribution in [0.25, 0.3) is 0 Å². The number of nitrogens with one attached hydrogen (secondary N) is 1. The van der Waals surface area contributed by atoms with Crippen molar-refractivity contribution in [1.82, 2.24) is 4.90 Å². The lowest BCUT2D eigenvalue weighted by molar-refractivity contribution is -0.121. The van der Waals surface area contributed by atoms with E-state index in [1.165, 1.54) is 0 Å². The zero-order valence-electron chi connectivity index (χ0n) is 14.9. The van der Waals surface area contributed by atoms with E-state index < -0.39 is 0 Å². The Morgan fingerprint density at radius 1 is 1.07 bits per heavy atom. The van der Waals surface area contributed by atoms with Gasteiger partial charge in [0.25, 0.3) is 5.91 Å². The summed E-state index contributed by atoms with van der Waals surface area (Å²) < 4.78 is 5.11. The molecule has 142 valence electrons. The Hall–Kier alpha value is -2.24. The van der Waals surface area contributed by atoms with Gasteiger partial charge in [-0.3, -0.25) is 9.59 Å². The molecule has 7 heteroatoms. The van der Waals surface area contributed by atoms with E-state index in [0.717, 1.165) is 11.4 Å². The van der Waals surface area contributed by atoms with E-state index in [4.69, 9.17) is 27.9 Å². The van der Waals surface area contributed by atoms with Crippen LogP contribution >= 0.6 is 23.2 Å². The van der Waals surface area contributed by atoms with Gasteiger partial charge in [0.2, 0.25) is 5.91 Å². The summed E-state index contributed by atoms with van der Waals surface area (Å²) in [5.41, 5.74) is 1.16. The number of rotatable bonds is 4. The van der Waals surface area contributed by atoms with Gasteiger partial charge in [-0.05, 0) is 55.3 Å². The number of likely N-dealkylation sites (tertiary alicyclic amines) is 1. The third-order valence-electron chi connectivity index (χ3n) is 4.67. The van der Waals surface area contributed by atoms with Crippen molar-refractivity contribution in [3.8, 4) is 5.75 Å². The minimum atomic E-state index is -0.134. The van der Waals surface area contributed by atoms with Gasteiger partial charge in [-0.1, -0.05) is 23.2 Å². The Kier molecular flexibility index (Phi) is 6.24. The molecule has 2 aromatic carbocycles. The van der Waals surface area contributed by atoms with Gasteiger partial charge in [-0.25, -0.2) is 0 Å². The van der Waals surface area contributed by atoms with E-state index in [9.17, 15) is 9.59 Å². The van der Waals surface area contributed by atoms with Crippen molar-refractivity contribution in [2.45, 2.75) is 12.8 Å². The molecule has 2 aromatic rings. The molecule has 2 amide bonds. The van der Waals surface area contributed by atoms with Crippen LogP contribution < -0.4 is 10.1 Å². The number of amides is 2. The van der Waals surface area contributed by atoms with E-state index >= 15 is 0 Å². The van der Waals surface area contributed by atoms with E-state index in [-0.39, 0.29) is 17.7 Å². The summed E-state index contributed by atoms with van der Waals surface area (Å²) in [5, 5.41) is 3.75. The quantitative estimate of drug-likeness (QED) is 0.813. The predicted octanol–water partition coefficient (Wildman–Crippen LogP) is 4.49. The van der Waals surface area contributed by atoms with Gasteiger partial charge in [0, 0.05) is 29.7 Å². The van der Waals surface area contributed by atoms with Crippen LogP contribution in [0.3, 0.4) is 0 Å². The van der Waals surface area contributed by atoms with Crippen molar-refractivity contribution in [1.29, 1.82) is 0 Å². The summed E-state index contributed by atoms with van der Waals surface area (Å²) in [4.78, 5) is 26.9. The molecule has 5 nitrogen and oxygen atoms in total. The number of methoxy groups -OCH3 is 1. The maximum Gasteiger partial charge on any atom is 0.255 e. The predicted molar refractivity (Wildman–Crippen MR) is 107 cm³/mol. The van der Waals surface area contributed by atoms with Crippen LogP contribution in [0.1, 0.15) is 23.2 Å². The molecule has 0 aliphatic carbocycles. The first kappa shape index (κ1) is 19.5. The monoisotopic (exact) mass is 406 g/mol. The highest BCUT2D eigenvalue weighted by molar-refractivity contribution is 6.36. The summed E-state index contributed by atoms with van der Waals surface area (Å²) in [7, 11) is 1.60. The molecule has 0 bridgehead atoms. The van der Waals surface area contributed by atoms with Crippen molar-refractivity contribution >= 4 is 40.7 Å². The van der Waals surface area contributed by atoms with Crippen LogP contribution in [0.2, 0.25) is 10.0 Å². The third kappa shape index (κ3) is 4.73. The summed E-state index contributed by atoms with van der Waals surface area (Å²) in [6.45, 7) is 1.02. The maximum atomic E-state index is 12.6. The molecule has 0 spiro atoms. The van der Waals surface area contributed by atoms with Crippen LogP contribution in [0.15, 0.2) is 42.5 Å². The van der Waals surface area contributed by atoms with Crippen LogP contribution in [-0.4, -0.2) is 36.9 Å². The molecule has 0 saturated carbocycles. The summed E-state index contributed by atoms with van der Waals surface area (Å²) >= 11 is 12.0. The Balaban J connectivity index is 1.56. The van der Waals surface area contributed by atoms with Crippen LogP contribution in [0, 0.1) is 5.92 Å². The molecular formula is C20H20Cl2N2O3. The highest BCUT2D eigenvalue weighted by Gasteiger charge is 2.28. The number of benzene rings is 2. The molecule has 3 rings (SSSR count). The van der Waals surface area contributed by atoms with Crippen molar-refractivity contribution in [3.63, 3.8) is 0 Å². The smallest absolute Gasteiger partial charge is 0.255 e. The molecule has 0 radical (unpaired) electrons. The molecule has 1 heterocycles. The first-order valence-corrected chi connectivity index (χ1v) is 9.43. The van der Waals surface area contributed by atoms with Gasteiger partial charge in [0.05, 0.1) is 17.7 Å². The van der Waals surface area contributed by atoms with Crippen LogP contribution in [0.5, 0.6) is 5.75 Å². The topological polar surface area (TPSA) is 58.6 Å². The average molecular weight is 407 g/mol. The largest absolute Gasteiger partial charge is 0.497 e. The third-order valence-corrected chi connectivity index (χ3v) is 5.22. The van der Waals surface area contributed by atoms with Crippen molar-refractivity contribution < 1.29 is 14.3 Å². The highest BCUT2D eigenvalue weighted by atomic mass is 35.5. The number of piperidine rings is 1. The molecule has 1 N–H and O–H groups in total. The lowest BCUT2D eigenvalue weighted by Gasteiger charge is -2.31. The lowest BCUT2D eigenvalue weighted by atomic mass is 9.95. The summed E-state index contributed by atoms with van der Waals surface area (Å²) in [6, 6.07) is 12.0. The van der Waals surface area contributed by atoms with Gasteiger partial charge >= 0.3 is 0 Å². The van der Waals surface area contributed by atoms with Gasteiger partial charge in [0.1, 0.15) is 5.75 Å². The standard InChI is InChI=1S/C20H20Cl2N2O3/c1-27-16-5-3-15(4-6-16)23-19(25)13-8-10-24(11-9-13)20(26)17-7-2-14(21)12-18(17)22/h2-7,12-13H,8-11H2,1H3,(H,23,25). The van der Waals surface area contributed by atoms with Crippen molar-refractivity contribution in [2.75, 3.05) is 25.5 Å². The number of ether oxygens (including phenoxy) is 1. The lowest BCUT2D eigenvalue weighted by Crippen LogP contribution is -2.41. The molecule has 0 atom stereocenters. The highest BCUT2D eigenvalue weighted by Crippen LogP contribution is 2.26. The first-order valence-electron chi connectivity index (χ1n) is 8.67. The number of nitrogens with zero attached hydrogens (tertiary/aromatic N) is 1. The van der Waals surface area contributed by atoms with Gasteiger partial charge in [-0.2, -0.15) is 0 Å². The second kappa shape index (κ2) is 8.63. The second-order valence-corrected chi connectivity index (χ2v) is 7.25. The molecule has 1 fully saturated rings. The number of hydrogen-bond acceptors (Lipinski definition) is 3. The fourth-order valence-electron chi connectivity index (χ4n) is 3.10. The second-order valence-electron chi connectivity index (χ2n) is 6.41. The van der Waals surface area contributed by atoms with Gasteiger partial charge < -0.3 is 15.0 Å². The van der Waals surface area contributed by atoms with E-state index in [2.05, 4.69) is 5.32 Å². The van der Waals surface area contributed by atoms with Crippen molar-refractivity contribution in [3.05, 3.63) is 58.1 Å². The number of anilines is 1. The van der Waals surface area contributed by atoms with Crippen LogP contribution in [0.4, 0.5) is 5.69 Å². The van der Waals surface area contributed by atoms with Gasteiger partial charge in [-0.15, -0.1) is 0 Å². The molecule has 1 aliphatic rings. The van der Waals surface area contributed by atoms with E-state index in [1.54, 1.807) is 54.5 Å². The van der Waals surface area contributed by atoms with Gasteiger partial charge in [0.15, 0.2) is 0 Å². The number of halogens is 2. The molecule has 1 aliphatic heterocycles. The zero-order valence-corrected chi connectivity index (χ0v) is 16.4. The molecule has 0 unspecified atom stereocenters. The Morgan fingerprint density at radius 2 is 1.74 bits per heavy atom. The summed E-state index contributed by atoms with van der Waals surface area (Å²) in [5.74, 6) is 0.444. The van der Waals surface area contributed by atoms with Crippen molar-refractivity contribution in [2.24, 2.45) is 5.92 Å². The maximum absolute atomic E-state index is 12.6. The SMILES string of the molecule is COc1ccc(NC(=O)C2CCN(C(=O)c3ccc(Cl)cc3Cl)CC2)cc1. The van der Waals surface area contributed by atoms with Crippen LogP contribution in [-0.2, 0) is 4.79 Å². The summed E-state index contributed by atoms with van der Waals surface area (Å²) in [6.07, 6.45) is 1.22. The Morgan fingerprint density at radius 3 is 2.33 bits per heavy atom. The first-order chi connectivity index (χ1) is 13.0. The number of hydrogen-bond donors (Lipinski definition) is 1. The molecule has 0 aromatic heterocycles. The number of carbonyl (C=O) groups is 2.